The lowest BCUT2D eigenvalue weighted by Crippen LogP contribution is -2.32. The summed E-state index contributed by atoms with van der Waals surface area (Å²) >= 11 is 0. The van der Waals surface area contributed by atoms with Crippen LogP contribution in [0.1, 0.15) is 18.3 Å². The van der Waals surface area contributed by atoms with E-state index in [9.17, 15) is 9.59 Å². The number of amides is 1. The monoisotopic (exact) mass is 294 g/mol. The fourth-order valence-electron chi connectivity index (χ4n) is 2.77. The van der Waals surface area contributed by atoms with Gasteiger partial charge in [0.05, 0.1) is 36.6 Å². The first-order valence-electron chi connectivity index (χ1n) is 7.04. The molecule has 7 nitrogen and oxygen atoms in total. The van der Waals surface area contributed by atoms with Gasteiger partial charge >= 0.3 is 5.97 Å². The van der Waals surface area contributed by atoms with Crippen LogP contribution in [0.4, 0.5) is 5.69 Å². The smallest absolute Gasteiger partial charge is 0.310 e. The SMILES string of the molecule is COC(=O)C1CN(CC(=O)Nc2c(C)n[nH]c2C)CC1C. The number of likely N-dealkylation sites (tertiary alicyclic amines) is 1. The van der Waals surface area contributed by atoms with Crippen molar-refractivity contribution in [2.75, 3.05) is 32.1 Å². The van der Waals surface area contributed by atoms with Crippen LogP contribution in [-0.4, -0.2) is 53.7 Å². The molecular weight excluding hydrogens is 272 g/mol. The molecule has 0 bridgehead atoms. The molecule has 2 heterocycles. The Kier molecular flexibility index (Phi) is 4.62. The van der Waals surface area contributed by atoms with Crippen molar-refractivity contribution in [3.8, 4) is 0 Å². The van der Waals surface area contributed by atoms with Crippen LogP contribution < -0.4 is 5.32 Å². The minimum absolute atomic E-state index is 0.0969. The molecule has 1 aromatic heterocycles. The average Bonchev–Trinajstić information content (AvgIpc) is 2.95. The van der Waals surface area contributed by atoms with Gasteiger partial charge in [0.2, 0.25) is 5.91 Å². The molecule has 1 aromatic rings. The zero-order valence-electron chi connectivity index (χ0n) is 12.9. The third kappa shape index (κ3) is 3.41. The average molecular weight is 294 g/mol. The number of carbonyl (C=O) groups is 2. The molecule has 0 aromatic carbocycles. The van der Waals surface area contributed by atoms with Crippen molar-refractivity contribution in [2.45, 2.75) is 20.8 Å². The molecule has 116 valence electrons. The van der Waals surface area contributed by atoms with E-state index in [1.54, 1.807) is 0 Å². The second-order valence-electron chi connectivity index (χ2n) is 5.66. The van der Waals surface area contributed by atoms with Gasteiger partial charge in [-0.1, -0.05) is 6.92 Å². The number of aromatic amines is 1. The molecule has 2 rings (SSSR count). The fourth-order valence-corrected chi connectivity index (χ4v) is 2.77. The van der Waals surface area contributed by atoms with Gasteiger partial charge in [0.1, 0.15) is 0 Å². The molecule has 1 aliphatic rings. The molecule has 0 radical (unpaired) electrons. The fraction of sp³-hybridized carbons (Fsp3) is 0.643. The Labute approximate surface area is 124 Å². The molecule has 2 atom stereocenters. The van der Waals surface area contributed by atoms with Crippen molar-refractivity contribution in [3.63, 3.8) is 0 Å². The van der Waals surface area contributed by atoms with E-state index in [1.807, 2.05) is 25.7 Å². The van der Waals surface area contributed by atoms with Gasteiger partial charge in [-0.15, -0.1) is 0 Å². The molecule has 1 saturated heterocycles. The minimum atomic E-state index is -0.202. The summed E-state index contributed by atoms with van der Waals surface area (Å²) in [6.45, 7) is 7.25. The maximum Gasteiger partial charge on any atom is 0.310 e. The number of aryl methyl sites for hydroxylation is 2. The predicted molar refractivity (Wildman–Crippen MR) is 77.8 cm³/mol. The first-order chi connectivity index (χ1) is 9.92. The van der Waals surface area contributed by atoms with Crippen molar-refractivity contribution < 1.29 is 14.3 Å². The molecule has 1 aliphatic heterocycles. The second kappa shape index (κ2) is 6.26. The van der Waals surface area contributed by atoms with Crippen LogP contribution in [-0.2, 0) is 14.3 Å². The number of hydrogen-bond donors (Lipinski definition) is 2. The maximum atomic E-state index is 12.1. The minimum Gasteiger partial charge on any atom is -0.469 e. The molecular formula is C14H22N4O3. The van der Waals surface area contributed by atoms with Gasteiger partial charge < -0.3 is 10.1 Å². The van der Waals surface area contributed by atoms with Crippen molar-refractivity contribution in [3.05, 3.63) is 11.4 Å². The first-order valence-corrected chi connectivity index (χ1v) is 7.04. The normalized spacial score (nSPS) is 22.3. The maximum absolute atomic E-state index is 12.1. The molecule has 7 heteroatoms. The molecule has 0 saturated carbocycles. The summed E-state index contributed by atoms with van der Waals surface area (Å²) < 4.78 is 4.80. The Morgan fingerprint density at radius 3 is 2.71 bits per heavy atom. The molecule has 0 aliphatic carbocycles. The Balaban J connectivity index is 1.91. The topological polar surface area (TPSA) is 87.3 Å². The summed E-state index contributed by atoms with van der Waals surface area (Å²) in [5.74, 6) is -0.255. The van der Waals surface area contributed by atoms with E-state index in [-0.39, 0.29) is 30.3 Å². The van der Waals surface area contributed by atoms with Crippen molar-refractivity contribution in [1.29, 1.82) is 0 Å². The van der Waals surface area contributed by atoms with Gasteiger partial charge in [0.15, 0.2) is 0 Å². The van der Waals surface area contributed by atoms with Crippen molar-refractivity contribution >= 4 is 17.6 Å². The summed E-state index contributed by atoms with van der Waals surface area (Å²) in [6, 6.07) is 0. The van der Waals surface area contributed by atoms with Crippen molar-refractivity contribution in [1.82, 2.24) is 15.1 Å². The molecule has 1 fully saturated rings. The summed E-state index contributed by atoms with van der Waals surface area (Å²) in [5, 5.41) is 9.75. The van der Waals surface area contributed by atoms with Gasteiger partial charge in [-0.2, -0.15) is 5.10 Å². The van der Waals surface area contributed by atoms with E-state index < -0.39 is 0 Å². The zero-order valence-corrected chi connectivity index (χ0v) is 12.9. The summed E-state index contributed by atoms with van der Waals surface area (Å²) in [4.78, 5) is 25.7. The highest BCUT2D eigenvalue weighted by molar-refractivity contribution is 5.93. The number of anilines is 1. The zero-order chi connectivity index (χ0) is 15.6. The molecule has 2 N–H and O–H groups in total. The molecule has 21 heavy (non-hydrogen) atoms. The number of methoxy groups -OCH3 is 1. The third-order valence-electron chi connectivity index (χ3n) is 3.95. The molecule has 0 spiro atoms. The van der Waals surface area contributed by atoms with Gasteiger partial charge in [-0.25, -0.2) is 0 Å². The van der Waals surface area contributed by atoms with Gasteiger partial charge in [-0.3, -0.25) is 19.6 Å². The van der Waals surface area contributed by atoms with E-state index in [0.29, 0.717) is 6.54 Å². The number of hydrogen-bond acceptors (Lipinski definition) is 5. The third-order valence-corrected chi connectivity index (χ3v) is 3.95. The van der Waals surface area contributed by atoms with Crippen LogP contribution in [0.15, 0.2) is 0 Å². The second-order valence-corrected chi connectivity index (χ2v) is 5.66. The number of ether oxygens (including phenoxy) is 1. The van der Waals surface area contributed by atoms with Gasteiger partial charge in [-0.05, 0) is 19.8 Å². The van der Waals surface area contributed by atoms with Gasteiger partial charge in [0, 0.05) is 13.1 Å². The lowest BCUT2D eigenvalue weighted by molar-refractivity contribution is -0.146. The molecule has 1 amide bonds. The first kappa shape index (κ1) is 15.5. The van der Waals surface area contributed by atoms with Crippen LogP contribution in [0.5, 0.6) is 0 Å². The van der Waals surface area contributed by atoms with Crippen LogP contribution in [0.2, 0.25) is 0 Å². The Morgan fingerprint density at radius 2 is 2.14 bits per heavy atom. The number of H-pyrrole nitrogens is 1. The summed E-state index contributed by atoms with van der Waals surface area (Å²) in [6.07, 6.45) is 0. The molecule has 2 unspecified atom stereocenters. The lowest BCUT2D eigenvalue weighted by Gasteiger charge is -2.15. The van der Waals surface area contributed by atoms with E-state index in [0.717, 1.165) is 23.6 Å². The van der Waals surface area contributed by atoms with Crippen molar-refractivity contribution in [2.24, 2.45) is 11.8 Å². The van der Waals surface area contributed by atoms with Crippen LogP contribution >= 0.6 is 0 Å². The van der Waals surface area contributed by atoms with Crippen LogP contribution in [0.3, 0.4) is 0 Å². The highest BCUT2D eigenvalue weighted by Crippen LogP contribution is 2.24. The standard InChI is InChI=1S/C14H22N4O3/c1-8-5-18(6-11(8)14(20)21-4)7-12(19)15-13-9(2)16-17-10(13)3/h8,11H,5-7H2,1-4H3,(H,15,19)(H,16,17). The van der Waals surface area contributed by atoms with Crippen LogP contribution in [0.25, 0.3) is 0 Å². The Bertz CT molecular complexity index is 521. The Morgan fingerprint density at radius 1 is 1.43 bits per heavy atom. The summed E-state index contributed by atoms with van der Waals surface area (Å²) in [5.41, 5.74) is 2.34. The quantitative estimate of drug-likeness (QED) is 0.798. The number of esters is 1. The van der Waals surface area contributed by atoms with Crippen LogP contribution in [0, 0.1) is 25.7 Å². The largest absolute Gasteiger partial charge is 0.469 e. The highest BCUT2D eigenvalue weighted by atomic mass is 16.5. The van der Waals surface area contributed by atoms with E-state index in [4.69, 9.17) is 4.74 Å². The predicted octanol–water partition coefficient (Wildman–Crippen LogP) is 0.706. The highest BCUT2D eigenvalue weighted by Gasteiger charge is 2.36. The van der Waals surface area contributed by atoms with Gasteiger partial charge in [0.25, 0.3) is 0 Å². The number of nitrogens with zero attached hydrogens (tertiary/aromatic N) is 2. The lowest BCUT2D eigenvalue weighted by atomic mass is 9.99. The van der Waals surface area contributed by atoms with E-state index in [1.165, 1.54) is 7.11 Å². The number of aromatic nitrogens is 2. The van der Waals surface area contributed by atoms with E-state index in [2.05, 4.69) is 15.5 Å². The Hall–Kier alpha value is -1.89. The number of rotatable bonds is 4. The van der Waals surface area contributed by atoms with E-state index >= 15 is 0 Å². The number of carbonyl (C=O) groups excluding carboxylic acids is 2. The number of nitrogens with one attached hydrogen (secondary N) is 2. The summed E-state index contributed by atoms with van der Waals surface area (Å²) in [7, 11) is 1.40.